The van der Waals surface area contributed by atoms with Crippen molar-refractivity contribution in [2.45, 2.75) is 24.4 Å². The van der Waals surface area contributed by atoms with Gasteiger partial charge < -0.3 is 30.4 Å². The van der Waals surface area contributed by atoms with Crippen LogP contribution in [0.25, 0.3) is 11.0 Å². The van der Waals surface area contributed by atoms with Crippen LogP contribution in [-0.4, -0.2) is 73.4 Å². The van der Waals surface area contributed by atoms with Crippen LogP contribution in [0, 0.1) is 0 Å². The molecule has 3 amide bonds. The summed E-state index contributed by atoms with van der Waals surface area (Å²) in [6, 6.07) is 2.54. The number of amides is 3. The van der Waals surface area contributed by atoms with Gasteiger partial charge in [-0.05, 0) is 34.5 Å². The third-order valence-corrected chi connectivity index (χ3v) is 8.29. The minimum Gasteiger partial charge on any atom is -0.543 e. The first-order chi connectivity index (χ1) is 19.2. The van der Waals surface area contributed by atoms with E-state index in [1.54, 1.807) is 29.0 Å². The van der Waals surface area contributed by atoms with Gasteiger partial charge in [-0.1, -0.05) is 0 Å². The number of thioether (sulfide) groups is 1. The van der Waals surface area contributed by atoms with Crippen LogP contribution in [0.4, 0.5) is 0 Å². The molecule has 3 aromatic heterocycles. The van der Waals surface area contributed by atoms with Crippen molar-refractivity contribution in [1.29, 1.82) is 0 Å². The van der Waals surface area contributed by atoms with Crippen LogP contribution in [0.1, 0.15) is 28.9 Å². The Morgan fingerprint density at radius 3 is 2.73 bits per heavy atom. The molecule has 1 unspecified atom stereocenters. The first-order valence-corrected chi connectivity index (χ1v) is 13.7. The third kappa shape index (κ3) is 5.94. The molecule has 13 nitrogen and oxygen atoms in total. The second-order valence-corrected chi connectivity index (χ2v) is 10.7. The predicted molar refractivity (Wildman–Crippen MR) is 139 cm³/mol. The third-order valence-electron chi connectivity index (χ3n) is 6.25. The smallest absolute Gasteiger partial charge is 0.543 e. The fourth-order valence-electron chi connectivity index (χ4n) is 4.33. The van der Waals surface area contributed by atoms with E-state index in [0.717, 1.165) is 4.90 Å². The predicted octanol–water partition coefficient (Wildman–Crippen LogP) is -3.16. The minimum atomic E-state index is -1.60. The molecule has 0 saturated carbocycles. The van der Waals surface area contributed by atoms with Gasteiger partial charge in [0.05, 0.1) is 17.2 Å². The number of aromatic nitrogens is 2. The Morgan fingerprint density at radius 1 is 1.27 bits per heavy atom. The molecule has 3 aromatic rings. The first-order valence-electron chi connectivity index (χ1n) is 11.7. The van der Waals surface area contributed by atoms with Crippen LogP contribution >= 0.6 is 23.1 Å². The number of ether oxygens (including phenoxy) is 1. The van der Waals surface area contributed by atoms with Crippen LogP contribution in [0.2, 0.25) is 0 Å². The molecule has 0 bridgehead atoms. The molecule has 2 aliphatic heterocycles. The fraction of sp³-hybridized carbons (Fsp3) is 0.240. The Kier molecular flexibility index (Phi) is 9.34. The van der Waals surface area contributed by atoms with Crippen molar-refractivity contribution in [1.82, 2.24) is 25.5 Å². The van der Waals surface area contributed by atoms with E-state index in [1.165, 1.54) is 42.4 Å². The number of hydrogen-bond acceptors (Lipinski definition) is 12. The summed E-state index contributed by atoms with van der Waals surface area (Å²) in [7, 11) is 0. The van der Waals surface area contributed by atoms with Crippen LogP contribution in [-0.2, 0) is 23.9 Å². The number of hydrogen-bond donors (Lipinski definition) is 3. The second kappa shape index (κ2) is 12.6. The maximum atomic E-state index is 13.4. The number of aromatic hydroxyl groups is 1. The number of carboxylic acid groups (broad SMARTS) is 1. The topological polar surface area (TPSA) is 191 Å². The summed E-state index contributed by atoms with van der Waals surface area (Å²) in [5.41, 5.74) is 0.541. The average Bonchev–Trinajstić information content (AvgIpc) is 3.47. The number of carbonyl (C=O) groups excluding carboxylic acids is 5. The van der Waals surface area contributed by atoms with Gasteiger partial charge in [0.2, 0.25) is 5.91 Å². The second-order valence-electron chi connectivity index (χ2n) is 8.77. The SMILES string of the molecule is CC(=O)OCC1=C(C(=O)[O-])N2C(=O)[C@@H](NC(=O)C(NC(=O)c3cnc4cccnc4c3O)c3ccsc3)[C@H]2SC1.[Na+]. The summed E-state index contributed by atoms with van der Waals surface area (Å²) in [5.74, 6) is -4.69. The zero-order valence-corrected chi connectivity index (χ0v) is 25.3. The van der Waals surface area contributed by atoms with Gasteiger partial charge >= 0.3 is 35.5 Å². The fourth-order valence-corrected chi connectivity index (χ4v) is 6.34. The molecule has 0 radical (unpaired) electrons. The first kappa shape index (κ1) is 30.5. The van der Waals surface area contributed by atoms with Crippen molar-refractivity contribution < 1.29 is 68.5 Å². The number of pyridine rings is 2. The Balaban J connectivity index is 0.00000387. The molecular formula is C25H20N5NaO8S2. The zero-order valence-electron chi connectivity index (χ0n) is 21.7. The van der Waals surface area contributed by atoms with E-state index in [0.29, 0.717) is 11.1 Å². The number of esters is 1. The summed E-state index contributed by atoms with van der Waals surface area (Å²) < 4.78 is 4.90. The van der Waals surface area contributed by atoms with Gasteiger partial charge in [0.25, 0.3) is 11.8 Å². The van der Waals surface area contributed by atoms with Crippen molar-refractivity contribution in [3.05, 3.63) is 63.7 Å². The molecular weight excluding hydrogens is 585 g/mol. The zero-order chi connectivity index (χ0) is 28.6. The van der Waals surface area contributed by atoms with Crippen LogP contribution in [0.3, 0.4) is 0 Å². The summed E-state index contributed by atoms with van der Waals surface area (Å²) >= 11 is 2.47. The Hall–Kier alpha value is -3.50. The van der Waals surface area contributed by atoms with Gasteiger partial charge in [-0.3, -0.25) is 34.0 Å². The van der Waals surface area contributed by atoms with Crippen molar-refractivity contribution in [3.8, 4) is 5.75 Å². The van der Waals surface area contributed by atoms with Gasteiger partial charge in [0.15, 0.2) is 5.75 Å². The van der Waals surface area contributed by atoms with E-state index in [-0.39, 0.29) is 58.6 Å². The van der Waals surface area contributed by atoms with E-state index in [4.69, 9.17) is 4.74 Å². The average molecular weight is 606 g/mol. The number of β-lactam (4-membered cyclic amide) rings is 1. The molecule has 0 aromatic carbocycles. The van der Waals surface area contributed by atoms with Gasteiger partial charge in [-0.2, -0.15) is 11.3 Å². The Bertz CT molecular complexity index is 1580. The van der Waals surface area contributed by atoms with E-state index >= 15 is 0 Å². The number of fused-ring (bicyclic) bond motifs is 2. The van der Waals surface area contributed by atoms with Gasteiger partial charge in [0.1, 0.15) is 35.1 Å². The summed E-state index contributed by atoms with van der Waals surface area (Å²) in [5, 5.41) is 30.2. The van der Waals surface area contributed by atoms with Crippen LogP contribution in [0.15, 0.2) is 52.6 Å². The molecule has 3 N–H and O–H groups in total. The Morgan fingerprint density at radius 2 is 2.05 bits per heavy atom. The number of nitrogens with one attached hydrogen (secondary N) is 2. The summed E-state index contributed by atoms with van der Waals surface area (Å²) in [4.78, 5) is 71.7. The molecule has 0 aliphatic carbocycles. The monoisotopic (exact) mass is 605 g/mol. The van der Waals surface area contributed by atoms with E-state index < -0.39 is 58.6 Å². The minimum absolute atomic E-state index is 0. The molecule has 3 atom stereocenters. The molecule has 41 heavy (non-hydrogen) atoms. The van der Waals surface area contributed by atoms with Crippen molar-refractivity contribution in [2.75, 3.05) is 12.4 Å². The molecule has 0 spiro atoms. The summed E-state index contributed by atoms with van der Waals surface area (Å²) in [6.07, 6.45) is 2.61. The molecule has 2 aliphatic rings. The van der Waals surface area contributed by atoms with Crippen molar-refractivity contribution in [3.63, 3.8) is 0 Å². The van der Waals surface area contributed by atoms with Gasteiger partial charge in [-0.15, -0.1) is 11.8 Å². The maximum absolute atomic E-state index is 13.4. The van der Waals surface area contributed by atoms with E-state index in [1.807, 2.05) is 0 Å². The van der Waals surface area contributed by atoms with E-state index in [2.05, 4.69) is 20.6 Å². The number of aliphatic carboxylic acids is 1. The van der Waals surface area contributed by atoms with Gasteiger partial charge in [0, 0.05) is 30.6 Å². The molecule has 16 heteroatoms. The maximum Gasteiger partial charge on any atom is 1.00 e. The largest absolute Gasteiger partial charge is 1.00 e. The molecule has 1 saturated heterocycles. The number of nitrogens with zero attached hydrogens (tertiary/aromatic N) is 3. The number of rotatable bonds is 8. The van der Waals surface area contributed by atoms with Gasteiger partial charge in [-0.25, -0.2) is 0 Å². The van der Waals surface area contributed by atoms with Crippen LogP contribution in [0.5, 0.6) is 5.75 Å². The molecule has 1 fully saturated rings. The van der Waals surface area contributed by atoms with E-state index in [9.17, 15) is 34.2 Å². The van der Waals surface area contributed by atoms with Crippen LogP contribution < -0.4 is 45.3 Å². The number of carboxylic acids is 1. The van der Waals surface area contributed by atoms with Crippen molar-refractivity contribution in [2.24, 2.45) is 0 Å². The normalized spacial score (nSPS) is 18.5. The Labute approximate surface area is 262 Å². The number of carbonyl (C=O) groups is 5. The quantitative estimate of drug-likeness (QED) is 0.133. The number of thiophene rings is 1. The molecule has 206 valence electrons. The molecule has 5 heterocycles. The summed E-state index contributed by atoms with van der Waals surface area (Å²) in [6.45, 7) is 0.868. The molecule has 5 rings (SSSR count). The van der Waals surface area contributed by atoms with Crippen molar-refractivity contribution >= 4 is 63.8 Å². The standard InChI is InChI=1S/C25H21N5O8S2.Na/c1-11(31)38-8-13-10-40-24-18(23(35)30(24)19(13)25(36)37)29-22(34)16(12-4-6-39-9-12)28-21(33)14-7-27-15-3-2-5-26-17(15)20(14)32;/h2-7,9,16,18,24H,8,10H2,1H3,(H,27,32)(H,28,33)(H,29,34)(H,36,37);/q;+1/p-1/t16?,18-,24-;/m1./s1.